The van der Waals surface area contributed by atoms with Crippen molar-refractivity contribution in [2.45, 2.75) is 208 Å². The molecule has 24 atom stereocenters. The number of carbonyl (C=O) groups is 3. The van der Waals surface area contributed by atoms with Gasteiger partial charge in [-0.25, -0.2) is 77.4 Å². The van der Waals surface area contributed by atoms with E-state index in [2.05, 4.69) is 49.8 Å². The van der Waals surface area contributed by atoms with Gasteiger partial charge >= 0.3 is 55.9 Å². The summed E-state index contributed by atoms with van der Waals surface area (Å²) in [6.45, 7) is -6.72. The van der Waals surface area contributed by atoms with Crippen molar-refractivity contribution >= 4 is 124 Å². The van der Waals surface area contributed by atoms with E-state index < -0.39 is 277 Å². The van der Waals surface area contributed by atoms with E-state index >= 15 is 0 Å². The number of aliphatic hydroxyl groups is 6. The molecule has 64 heteroatoms. The molecule has 141 heavy (non-hydrogen) atoms. The highest BCUT2D eigenvalue weighted by Gasteiger charge is 2.55. The van der Waals surface area contributed by atoms with E-state index in [1.165, 1.54) is 77.6 Å². The van der Waals surface area contributed by atoms with E-state index in [1.807, 2.05) is 0 Å². The number of hydrogen-bond acceptors (Lipinski definition) is 52. The average molecular weight is 2110 g/mol. The lowest BCUT2D eigenvalue weighted by atomic mass is 10.1. The zero-order chi connectivity index (χ0) is 102. The number of aromatic amines is 3. The minimum Gasteiger partial charge on any atom is -0.432 e. The summed E-state index contributed by atoms with van der Waals surface area (Å²) in [6, 6.07) is 6.48. The van der Waals surface area contributed by atoms with Crippen LogP contribution in [0.3, 0.4) is 0 Å². The summed E-state index contributed by atoms with van der Waals surface area (Å²) in [6.07, 6.45) is -14.9. The normalized spacial score (nSPS) is 27.3. The lowest BCUT2D eigenvalue weighted by Crippen LogP contribution is -2.39. The predicted octanol–water partition coefficient (Wildman–Crippen LogP) is 2.03. The van der Waals surface area contributed by atoms with Crippen LogP contribution in [0, 0.1) is 0 Å². The molecule has 6 fully saturated rings. The third-order valence-electron chi connectivity index (χ3n) is 21.6. The zero-order valence-corrected chi connectivity index (χ0v) is 81.3. The first-order valence-corrected chi connectivity index (χ1v) is 52.3. The van der Waals surface area contributed by atoms with Crippen LogP contribution < -0.4 is 50.9 Å². The predicted molar refractivity (Wildman–Crippen MR) is 487 cm³/mol. The number of pyridine rings is 2. The van der Waals surface area contributed by atoms with Crippen LogP contribution in [0.25, 0.3) is 33.5 Å². The SMILES string of the molecule is CO[C@H]1C(OP(=O)(OC[C@H]2O[C@@H](n3cnc4c(N)ccnc43)CC2O)SCOC(=O)OC(C)C)[C@@H](CO)O[C@H]1n1ccc(=O)[nH]c1=O.CO[C@H]1C(O[P@@](=O)(OC[C@H]2O[C@@H](n3cnc4c(N)ncnc43)CC2O)SCOC(=O)OC(C)C)[C@@H](CO)O[C@H]1n1ccc(=O)[nH]c1=O.CO[C@H]1C(O[P@](=O)(OC[C@H]2O[C@@H](n3cnc4c(N)ccnc43)CC2O)SCOC(=O)OC(C)C)[C@@H](CO)O[C@H]1n1ccc(=O)[nH]c1=O. The summed E-state index contributed by atoms with van der Waals surface area (Å²) < 4.78 is 168. The molecule has 58 nitrogen and oxygen atoms in total. The number of nitrogens with two attached hydrogens (primary N) is 3. The second-order valence-electron chi connectivity index (χ2n) is 32.1. The fourth-order valence-corrected chi connectivity index (χ4v) is 23.5. The van der Waals surface area contributed by atoms with Crippen LogP contribution in [0.5, 0.6) is 0 Å². The molecule has 9 aromatic rings. The molecule has 6 aliphatic rings. The van der Waals surface area contributed by atoms with Crippen molar-refractivity contribution in [1.82, 2.24) is 77.2 Å². The van der Waals surface area contributed by atoms with Gasteiger partial charge in [-0.3, -0.25) is 83.9 Å². The Hall–Kier alpha value is -10.1. The third-order valence-corrected chi connectivity index (χ3v) is 31.6. The second kappa shape index (κ2) is 48.1. The molecule has 0 amide bonds. The molecule has 6 aliphatic heterocycles. The van der Waals surface area contributed by atoms with Gasteiger partial charge in [0.2, 0.25) is 0 Å². The summed E-state index contributed by atoms with van der Waals surface area (Å²) in [5.41, 5.74) is 16.8. The fourth-order valence-electron chi connectivity index (χ4n) is 15.1. The van der Waals surface area contributed by atoms with E-state index in [0.717, 1.165) is 31.9 Å². The zero-order valence-electron chi connectivity index (χ0n) is 76.2. The Labute approximate surface area is 807 Å². The lowest BCUT2D eigenvalue weighted by Gasteiger charge is -2.28. The largest absolute Gasteiger partial charge is 0.509 e. The van der Waals surface area contributed by atoms with E-state index in [1.54, 1.807) is 67.4 Å². The van der Waals surface area contributed by atoms with E-state index in [4.69, 9.17) is 115 Å². The molecule has 15 heterocycles. The molecule has 0 saturated carbocycles. The molecule has 0 aromatic carbocycles. The van der Waals surface area contributed by atoms with Gasteiger partial charge in [-0.05, 0) is 53.7 Å². The Morgan fingerprint density at radius 3 is 1.00 bits per heavy atom. The number of carbonyl (C=O) groups excluding carboxylic acids is 3. The van der Waals surface area contributed by atoms with E-state index in [0.29, 0.717) is 79.0 Å². The number of imidazole rings is 3. The summed E-state index contributed by atoms with van der Waals surface area (Å²) in [4.78, 5) is 144. The van der Waals surface area contributed by atoms with Crippen molar-refractivity contribution in [3.05, 3.63) is 149 Å². The number of rotatable bonds is 39. The first kappa shape index (κ1) is 108. The van der Waals surface area contributed by atoms with Gasteiger partial charge in [-0.15, -0.1) is 0 Å². The Kier molecular flexibility index (Phi) is 36.9. The van der Waals surface area contributed by atoms with Crippen LogP contribution in [0.4, 0.5) is 31.6 Å². The molecule has 0 aliphatic carbocycles. The highest BCUT2D eigenvalue weighted by molar-refractivity contribution is 8.55. The average Bonchev–Trinajstić information content (AvgIpc) is 1.64. The molecular weight excluding hydrogens is 2000 g/mol. The standard InChI is InChI=1S/2C26H35N6O13PS.C25H34N7O13PS/c2*1-13(2)42-26(37)40-12-47-46(38,45-21-16(9-33)44-24(22(21)39-3)31-7-5-18(35)30-25(31)36)41-10-17-15(34)8-19(43-17)32-11-29-20-14(27)4-6-28-23(20)32;1-12(2)42-25(37)40-11-47-46(38,45-19-14(7-33)44-23(20(19)39-3)31-5-4-16(35)30-24(31)36)41-8-15-13(34)6-17(43-15)32-10-29-18-21(26)27-9-28-22(18)32/h2*4-7,11,13,15-17,19,21-22,24,33-34H,8-10,12H2,1-3H3,(H2,27,28)(H,30,35,36);4-5,9-10,12-15,17,19-20,23,33-34H,6-8,11H2,1-3H3,(H2,26,27,28)(H,30,35,36)/t15?,16-,17-,19-,21?,22+,24-,46?;15?,16-,17-,19-,21?,22+,24-,46+;13?,14-,15-,17-,19?,20+,23-,46-/m111/s1. The molecule has 7 unspecified atom stereocenters. The molecule has 15 rings (SSSR count). The van der Waals surface area contributed by atoms with Gasteiger partial charge in [0.05, 0.1) is 107 Å². The van der Waals surface area contributed by atoms with Crippen molar-refractivity contribution in [1.29, 1.82) is 0 Å². The Morgan fingerprint density at radius 2 is 0.716 bits per heavy atom. The maximum absolute atomic E-state index is 14.2. The van der Waals surface area contributed by atoms with Gasteiger partial charge in [0.25, 0.3) is 16.7 Å². The maximum atomic E-state index is 14.2. The van der Waals surface area contributed by atoms with Crippen LogP contribution in [0.2, 0.25) is 0 Å². The number of hydrogen-bond donors (Lipinski definition) is 12. The van der Waals surface area contributed by atoms with Crippen LogP contribution in [0.1, 0.15) is 98.2 Å². The number of aliphatic hydroxyl groups excluding tert-OH is 6. The van der Waals surface area contributed by atoms with Gasteiger partial charge in [-0.1, -0.05) is 0 Å². The number of methoxy groups -OCH3 is 3. The number of nitrogens with zero attached hydrogens (tertiary/aromatic N) is 13. The first-order valence-electron chi connectivity index (χ1n) is 42.9. The van der Waals surface area contributed by atoms with Crippen LogP contribution in [-0.2, 0) is 112 Å². The summed E-state index contributed by atoms with van der Waals surface area (Å²) in [5, 5.41) is 62.8. The monoisotopic (exact) mass is 2110 g/mol. The van der Waals surface area contributed by atoms with Crippen molar-refractivity contribution in [3.63, 3.8) is 0 Å². The van der Waals surface area contributed by atoms with Crippen LogP contribution >= 0.6 is 54.5 Å². The van der Waals surface area contributed by atoms with Crippen molar-refractivity contribution in [2.75, 3.05) is 96.0 Å². The summed E-state index contributed by atoms with van der Waals surface area (Å²) in [7, 11) is 3.84. The second-order valence-corrected chi connectivity index (χ2v) is 44.0. The van der Waals surface area contributed by atoms with E-state index in [9.17, 15) is 87.5 Å². The van der Waals surface area contributed by atoms with Gasteiger partial charge in [0.1, 0.15) is 115 Å². The molecule has 774 valence electrons. The van der Waals surface area contributed by atoms with Crippen molar-refractivity contribution < 1.29 is 157 Å². The Bertz CT molecular complexity index is 5740. The Balaban J connectivity index is 0.000000178. The topological polar surface area (TPSA) is 765 Å². The van der Waals surface area contributed by atoms with E-state index in [-0.39, 0.29) is 25.1 Å². The number of nitrogens with one attached hydrogen (secondary N) is 3. The molecule has 6 saturated heterocycles. The number of H-pyrrole nitrogens is 3. The highest BCUT2D eigenvalue weighted by atomic mass is 32.7. The minimum absolute atomic E-state index is 0.0935. The number of nitrogen functional groups attached to an aromatic ring is 3. The lowest BCUT2D eigenvalue weighted by molar-refractivity contribution is -0.0625. The molecule has 0 bridgehead atoms. The van der Waals surface area contributed by atoms with Crippen molar-refractivity contribution in [2.24, 2.45) is 0 Å². The van der Waals surface area contributed by atoms with Gasteiger partial charge in [0.15, 0.2) is 59.3 Å². The first-order chi connectivity index (χ1) is 67.3. The number of fused-ring (bicyclic) bond motifs is 3. The molecule has 9 aromatic heterocycles. The number of anilines is 3. The molecular formula is C77H104N19O39P3S3. The minimum atomic E-state index is -4.38. The fraction of sp³-hybridized carbons (Fsp3) is 0.584. The number of ether oxygens (including phenoxy) is 15. The Morgan fingerprint density at radius 1 is 0.418 bits per heavy atom. The smallest absolute Gasteiger partial charge is 0.432 e. The molecule has 0 spiro atoms. The van der Waals surface area contributed by atoms with Crippen molar-refractivity contribution in [3.8, 4) is 0 Å². The van der Waals surface area contributed by atoms with Gasteiger partial charge in [-0.2, -0.15) is 0 Å². The summed E-state index contributed by atoms with van der Waals surface area (Å²) in [5.74, 6) is -1.45. The third kappa shape index (κ3) is 26.4. The quantitative estimate of drug-likeness (QED) is 0.0113. The van der Waals surface area contributed by atoms with Crippen LogP contribution in [0.15, 0.2) is 115 Å². The van der Waals surface area contributed by atoms with Crippen LogP contribution in [-0.4, -0.2) is 315 Å². The summed E-state index contributed by atoms with van der Waals surface area (Å²) >= 11 is 1.44. The molecule has 0 radical (unpaired) electrons. The number of aromatic nitrogens is 16. The van der Waals surface area contributed by atoms with Gasteiger partial charge < -0.3 is 119 Å². The highest BCUT2D eigenvalue weighted by Crippen LogP contribution is 2.66. The van der Waals surface area contributed by atoms with Gasteiger partial charge in [0, 0.05) is 124 Å². The maximum Gasteiger partial charge on any atom is 0.509 e. The molecule has 15 N–H and O–H groups in total.